The topological polar surface area (TPSA) is 54.7 Å². The molecule has 2 heterocycles. The fourth-order valence-electron chi connectivity index (χ4n) is 3.49. The van der Waals surface area contributed by atoms with Gasteiger partial charge < -0.3 is 9.47 Å². The second-order valence-corrected chi connectivity index (χ2v) is 9.03. The van der Waals surface area contributed by atoms with E-state index in [0.717, 1.165) is 40.9 Å². The fraction of sp³-hybridized carbons (Fsp3) is 0.550. The fourth-order valence-corrected chi connectivity index (χ4v) is 5.38. The van der Waals surface area contributed by atoms with Gasteiger partial charge in [-0.1, -0.05) is 17.4 Å². The highest BCUT2D eigenvalue weighted by atomic mass is 32.2. The molecule has 1 aliphatic heterocycles. The molecule has 1 aromatic carbocycles. The maximum Gasteiger partial charge on any atom is 0.258 e. The predicted molar refractivity (Wildman–Crippen MR) is 113 cm³/mol. The Balaban J connectivity index is 1.63. The number of benzene rings is 1. The maximum atomic E-state index is 12.4. The summed E-state index contributed by atoms with van der Waals surface area (Å²) in [5.74, 6) is 0.557. The molecule has 0 N–H and O–H groups in total. The highest BCUT2D eigenvalue weighted by molar-refractivity contribution is 8.00. The van der Waals surface area contributed by atoms with Gasteiger partial charge >= 0.3 is 0 Å². The van der Waals surface area contributed by atoms with Crippen molar-refractivity contribution in [2.75, 3.05) is 18.1 Å². The number of thiazole rings is 1. The van der Waals surface area contributed by atoms with Crippen LogP contribution in [-0.4, -0.2) is 45.4 Å². The van der Waals surface area contributed by atoms with Crippen LogP contribution in [0.25, 0.3) is 10.2 Å². The minimum Gasteiger partial charge on any atom is -0.339 e. The highest BCUT2D eigenvalue weighted by Crippen LogP contribution is 2.19. The van der Waals surface area contributed by atoms with E-state index >= 15 is 0 Å². The average Bonchev–Trinajstić information content (AvgIpc) is 2.97. The molecule has 1 aromatic heterocycles. The third-order valence-electron chi connectivity index (χ3n) is 4.95. The van der Waals surface area contributed by atoms with Crippen molar-refractivity contribution in [3.05, 3.63) is 28.6 Å². The molecule has 1 fully saturated rings. The van der Waals surface area contributed by atoms with Gasteiger partial charge in [-0.15, -0.1) is 11.8 Å². The summed E-state index contributed by atoms with van der Waals surface area (Å²) in [6, 6.07) is 6.61. The first-order valence-corrected chi connectivity index (χ1v) is 11.5. The molecule has 1 unspecified atom stereocenters. The molecule has 7 heteroatoms. The summed E-state index contributed by atoms with van der Waals surface area (Å²) in [7, 11) is 0. The van der Waals surface area contributed by atoms with Gasteiger partial charge in [-0.05, 0) is 57.7 Å². The van der Waals surface area contributed by atoms with Gasteiger partial charge in [0, 0.05) is 19.1 Å². The number of hydrogen-bond acceptors (Lipinski definition) is 4. The minimum absolute atomic E-state index is 0.140. The number of aromatic nitrogens is 1. The number of thioether (sulfide) groups is 1. The average molecular weight is 406 g/mol. The molecule has 0 radical (unpaired) electrons. The largest absolute Gasteiger partial charge is 0.339 e. The highest BCUT2D eigenvalue weighted by Gasteiger charge is 2.22. The zero-order valence-electron chi connectivity index (χ0n) is 16.2. The van der Waals surface area contributed by atoms with E-state index in [9.17, 15) is 9.59 Å². The summed E-state index contributed by atoms with van der Waals surface area (Å²) in [5, 5.41) is 0. The van der Waals surface area contributed by atoms with Gasteiger partial charge in [0.1, 0.15) is 0 Å². The molecule has 3 rings (SSSR count). The van der Waals surface area contributed by atoms with Crippen LogP contribution in [0.4, 0.5) is 0 Å². The summed E-state index contributed by atoms with van der Waals surface area (Å²) in [4.78, 5) is 31.7. The van der Waals surface area contributed by atoms with Crippen molar-refractivity contribution in [3.8, 4) is 0 Å². The maximum absolute atomic E-state index is 12.4. The number of hydrogen-bond donors (Lipinski definition) is 0. The molecule has 2 aromatic rings. The summed E-state index contributed by atoms with van der Waals surface area (Å²) in [6.45, 7) is 7.84. The monoisotopic (exact) mass is 405 g/mol. The Morgan fingerprint density at radius 1 is 1.30 bits per heavy atom. The van der Waals surface area contributed by atoms with Crippen molar-refractivity contribution in [1.82, 2.24) is 9.47 Å². The van der Waals surface area contributed by atoms with Crippen molar-refractivity contribution >= 4 is 45.1 Å². The van der Waals surface area contributed by atoms with E-state index in [-0.39, 0.29) is 17.6 Å². The minimum atomic E-state index is -0.176. The Morgan fingerprint density at radius 2 is 2.11 bits per heavy atom. The third kappa shape index (κ3) is 4.82. The van der Waals surface area contributed by atoms with Crippen molar-refractivity contribution in [2.45, 2.75) is 52.6 Å². The zero-order chi connectivity index (χ0) is 19.4. The molecule has 27 heavy (non-hydrogen) atoms. The van der Waals surface area contributed by atoms with Crippen LogP contribution >= 0.6 is 23.1 Å². The molecule has 0 bridgehead atoms. The molecular weight excluding hydrogens is 378 g/mol. The molecule has 1 saturated heterocycles. The van der Waals surface area contributed by atoms with Gasteiger partial charge in [0.25, 0.3) is 5.91 Å². The third-order valence-corrected chi connectivity index (χ3v) is 6.89. The lowest BCUT2D eigenvalue weighted by molar-refractivity contribution is -0.131. The summed E-state index contributed by atoms with van der Waals surface area (Å²) in [6.07, 6.45) is 3.35. The summed E-state index contributed by atoms with van der Waals surface area (Å²) in [5.41, 5.74) is 2.31. The predicted octanol–water partition coefficient (Wildman–Crippen LogP) is 3.59. The molecule has 1 aliphatic rings. The number of piperidine rings is 1. The van der Waals surface area contributed by atoms with E-state index in [0.29, 0.717) is 11.8 Å². The lowest BCUT2D eigenvalue weighted by Crippen LogP contribution is -2.43. The smallest absolute Gasteiger partial charge is 0.258 e. The first kappa shape index (κ1) is 20.1. The van der Waals surface area contributed by atoms with E-state index in [4.69, 9.17) is 0 Å². The van der Waals surface area contributed by atoms with Crippen molar-refractivity contribution in [2.24, 2.45) is 4.99 Å². The van der Waals surface area contributed by atoms with Gasteiger partial charge in [-0.3, -0.25) is 9.59 Å². The van der Waals surface area contributed by atoms with Crippen LogP contribution in [0.15, 0.2) is 23.2 Å². The Bertz CT molecular complexity index is 900. The van der Waals surface area contributed by atoms with Gasteiger partial charge in [0.2, 0.25) is 5.91 Å². The van der Waals surface area contributed by atoms with Gasteiger partial charge in [-0.2, -0.15) is 4.99 Å². The molecule has 0 spiro atoms. The lowest BCUT2D eigenvalue weighted by atomic mass is 10.0. The normalized spacial score (nSPS) is 18.3. The number of carbonyl (C=O) groups excluding carboxylic acids is 2. The standard InChI is InChI=1S/C20H27N3O2S2/c1-4-22-16-9-8-14(2)11-17(16)27-20(22)21-18(24)12-26-13-19(25)23-10-6-5-7-15(23)3/h8-9,11,15H,4-7,10,12-13H2,1-3H3. The Kier molecular flexibility index (Phi) is 6.76. The second kappa shape index (κ2) is 9.06. The second-order valence-electron chi connectivity index (χ2n) is 7.03. The molecular formula is C20H27N3O2S2. The molecule has 0 aliphatic carbocycles. The lowest BCUT2D eigenvalue weighted by Gasteiger charge is -2.33. The van der Waals surface area contributed by atoms with Crippen LogP contribution in [0, 0.1) is 6.92 Å². The number of likely N-dealkylation sites (tertiary alicyclic amines) is 1. The molecule has 146 valence electrons. The van der Waals surface area contributed by atoms with E-state index in [1.54, 1.807) is 11.3 Å². The quantitative estimate of drug-likeness (QED) is 0.764. The van der Waals surface area contributed by atoms with Gasteiger partial charge in [0.15, 0.2) is 4.80 Å². The van der Waals surface area contributed by atoms with Crippen LogP contribution in [0.5, 0.6) is 0 Å². The Morgan fingerprint density at radius 3 is 2.85 bits per heavy atom. The van der Waals surface area contributed by atoms with Crippen LogP contribution in [0.2, 0.25) is 0 Å². The Hall–Kier alpha value is -1.60. The Labute approximate surface area is 168 Å². The van der Waals surface area contributed by atoms with Crippen LogP contribution in [0.3, 0.4) is 0 Å². The van der Waals surface area contributed by atoms with E-state index in [1.165, 1.54) is 23.7 Å². The van der Waals surface area contributed by atoms with E-state index < -0.39 is 0 Å². The van der Waals surface area contributed by atoms with Crippen molar-refractivity contribution < 1.29 is 9.59 Å². The summed E-state index contributed by atoms with van der Waals surface area (Å²) >= 11 is 2.91. The van der Waals surface area contributed by atoms with E-state index in [2.05, 4.69) is 48.5 Å². The van der Waals surface area contributed by atoms with Crippen molar-refractivity contribution in [3.63, 3.8) is 0 Å². The number of amides is 2. The molecule has 0 saturated carbocycles. The van der Waals surface area contributed by atoms with E-state index in [1.807, 2.05) is 4.90 Å². The van der Waals surface area contributed by atoms with Crippen LogP contribution in [-0.2, 0) is 16.1 Å². The van der Waals surface area contributed by atoms with Gasteiger partial charge in [0.05, 0.1) is 21.7 Å². The first-order chi connectivity index (χ1) is 13.0. The van der Waals surface area contributed by atoms with Crippen molar-refractivity contribution in [1.29, 1.82) is 0 Å². The van der Waals surface area contributed by atoms with Crippen LogP contribution < -0.4 is 4.80 Å². The SMILES string of the molecule is CCn1c(=NC(=O)CSCC(=O)N2CCCCC2C)sc2cc(C)ccc21. The molecule has 2 amide bonds. The van der Waals surface area contributed by atoms with Crippen LogP contribution in [0.1, 0.15) is 38.7 Å². The number of carbonyl (C=O) groups is 2. The number of fused-ring (bicyclic) bond motifs is 1. The number of rotatable bonds is 5. The first-order valence-electron chi connectivity index (χ1n) is 9.54. The van der Waals surface area contributed by atoms with Gasteiger partial charge in [-0.25, -0.2) is 0 Å². The summed E-state index contributed by atoms with van der Waals surface area (Å²) < 4.78 is 3.22. The molecule has 1 atom stereocenters. The molecule has 5 nitrogen and oxygen atoms in total. The number of aryl methyl sites for hydroxylation is 2. The zero-order valence-corrected chi connectivity index (χ0v) is 17.9. The number of nitrogens with zero attached hydrogens (tertiary/aromatic N) is 3.